The third kappa shape index (κ3) is 5.38. The largest absolute Gasteiger partial charge is 0.335 e. The summed E-state index contributed by atoms with van der Waals surface area (Å²) in [4.78, 5) is 4.42. The number of imidazole rings is 1. The number of nitrogens with zero attached hydrogens (tertiary/aromatic N) is 2. The molecule has 0 N–H and O–H groups in total. The topological polar surface area (TPSA) is 17.8 Å². The zero-order valence-corrected chi connectivity index (χ0v) is 11.8. The van der Waals surface area contributed by atoms with Crippen molar-refractivity contribution in [1.82, 2.24) is 9.55 Å². The molecule has 0 saturated heterocycles. The Morgan fingerprint density at radius 2 is 1.71 bits per heavy atom. The Bertz CT molecular complexity index is 289. The summed E-state index contributed by atoms with van der Waals surface area (Å²) >= 11 is 0. The Morgan fingerprint density at radius 1 is 1.06 bits per heavy atom. The first kappa shape index (κ1) is 14.3. The maximum absolute atomic E-state index is 4.42. The molecular formula is C15H28N2. The van der Waals surface area contributed by atoms with E-state index in [2.05, 4.69) is 36.5 Å². The summed E-state index contributed by atoms with van der Waals surface area (Å²) < 4.78 is 2.32. The second kappa shape index (κ2) is 8.32. The molecule has 2 heteroatoms. The second-order valence-corrected chi connectivity index (χ2v) is 5.25. The predicted molar refractivity (Wildman–Crippen MR) is 74.3 cm³/mol. The Morgan fingerprint density at radius 3 is 2.35 bits per heavy atom. The smallest absolute Gasteiger partial charge is 0.111 e. The van der Waals surface area contributed by atoms with Crippen LogP contribution in [0.15, 0.2) is 12.4 Å². The van der Waals surface area contributed by atoms with Gasteiger partial charge in [-0.05, 0) is 6.42 Å². The number of hydrogen-bond donors (Lipinski definition) is 0. The highest BCUT2D eigenvalue weighted by molar-refractivity contribution is 4.97. The number of aromatic nitrogens is 2. The van der Waals surface area contributed by atoms with Gasteiger partial charge in [-0.2, -0.15) is 0 Å². The summed E-state index contributed by atoms with van der Waals surface area (Å²) in [5.41, 5.74) is 0. The Balaban J connectivity index is 2.11. The molecule has 0 fully saturated rings. The van der Waals surface area contributed by atoms with Gasteiger partial charge < -0.3 is 4.57 Å². The van der Waals surface area contributed by atoms with Crippen molar-refractivity contribution in [2.24, 2.45) is 0 Å². The van der Waals surface area contributed by atoms with Gasteiger partial charge in [0.05, 0.1) is 0 Å². The summed E-state index contributed by atoms with van der Waals surface area (Å²) in [5, 5.41) is 0. The fraction of sp³-hybridized carbons (Fsp3) is 0.800. The lowest BCUT2D eigenvalue weighted by Crippen LogP contribution is -2.04. The van der Waals surface area contributed by atoms with Crippen molar-refractivity contribution in [3.8, 4) is 0 Å². The van der Waals surface area contributed by atoms with E-state index < -0.39 is 0 Å². The van der Waals surface area contributed by atoms with Gasteiger partial charge in [0.2, 0.25) is 0 Å². The van der Waals surface area contributed by atoms with Crippen LogP contribution in [0.2, 0.25) is 0 Å². The monoisotopic (exact) mass is 236 g/mol. The highest BCUT2D eigenvalue weighted by atomic mass is 15.1. The van der Waals surface area contributed by atoms with Crippen LogP contribution in [0.3, 0.4) is 0 Å². The van der Waals surface area contributed by atoms with Crippen molar-refractivity contribution >= 4 is 0 Å². The van der Waals surface area contributed by atoms with Crippen molar-refractivity contribution in [2.75, 3.05) is 0 Å². The van der Waals surface area contributed by atoms with E-state index in [1.807, 2.05) is 6.20 Å². The second-order valence-electron chi connectivity index (χ2n) is 5.25. The highest BCUT2D eigenvalue weighted by Crippen LogP contribution is 2.13. The summed E-state index contributed by atoms with van der Waals surface area (Å²) in [7, 11) is 0. The van der Waals surface area contributed by atoms with Gasteiger partial charge in [0.25, 0.3) is 0 Å². The molecule has 0 amide bonds. The first-order valence-corrected chi connectivity index (χ1v) is 7.26. The molecule has 0 spiro atoms. The maximum atomic E-state index is 4.42. The van der Waals surface area contributed by atoms with E-state index in [4.69, 9.17) is 0 Å². The molecule has 0 radical (unpaired) electrons. The third-order valence-corrected chi connectivity index (χ3v) is 3.27. The minimum absolute atomic E-state index is 0.537. The summed E-state index contributed by atoms with van der Waals surface area (Å²) in [5.74, 6) is 1.77. The van der Waals surface area contributed by atoms with Gasteiger partial charge in [0, 0.05) is 24.9 Å². The van der Waals surface area contributed by atoms with Crippen molar-refractivity contribution in [2.45, 2.75) is 78.2 Å². The lowest BCUT2D eigenvalue weighted by molar-refractivity contribution is 0.532. The van der Waals surface area contributed by atoms with E-state index in [1.165, 1.54) is 50.8 Å². The first-order valence-electron chi connectivity index (χ1n) is 7.26. The van der Waals surface area contributed by atoms with Gasteiger partial charge in [-0.1, -0.05) is 59.3 Å². The van der Waals surface area contributed by atoms with Crippen LogP contribution in [0, 0.1) is 0 Å². The van der Waals surface area contributed by atoms with Crippen LogP contribution in [0.4, 0.5) is 0 Å². The number of aryl methyl sites for hydroxylation is 1. The van der Waals surface area contributed by atoms with Crippen LogP contribution in [0.5, 0.6) is 0 Å². The highest BCUT2D eigenvalue weighted by Gasteiger charge is 2.05. The molecule has 1 aromatic rings. The van der Waals surface area contributed by atoms with Crippen molar-refractivity contribution < 1.29 is 0 Å². The van der Waals surface area contributed by atoms with Gasteiger partial charge in [0.15, 0.2) is 0 Å². The Kier molecular flexibility index (Phi) is 6.99. The lowest BCUT2D eigenvalue weighted by atomic mass is 10.1. The molecule has 0 aromatic carbocycles. The van der Waals surface area contributed by atoms with E-state index in [9.17, 15) is 0 Å². The third-order valence-electron chi connectivity index (χ3n) is 3.27. The van der Waals surface area contributed by atoms with E-state index in [1.54, 1.807) is 0 Å². The van der Waals surface area contributed by atoms with Gasteiger partial charge in [-0.15, -0.1) is 0 Å². The number of hydrogen-bond acceptors (Lipinski definition) is 1. The van der Waals surface area contributed by atoms with E-state index in [0.29, 0.717) is 5.92 Å². The molecule has 0 bridgehead atoms. The van der Waals surface area contributed by atoms with E-state index in [-0.39, 0.29) is 0 Å². The summed E-state index contributed by atoms with van der Waals surface area (Å²) in [6.07, 6.45) is 13.7. The van der Waals surface area contributed by atoms with Crippen LogP contribution in [-0.4, -0.2) is 9.55 Å². The molecule has 0 aliphatic heterocycles. The van der Waals surface area contributed by atoms with Gasteiger partial charge in [-0.25, -0.2) is 4.98 Å². The standard InChI is InChI=1S/C15H28N2/c1-4-5-6-7-8-9-10-12-17-13-11-16-15(17)14(2)3/h11,13-14H,4-10,12H2,1-3H3. The molecule has 0 aliphatic rings. The maximum Gasteiger partial charge on any atom is 0.111 e. The Labute approximate surface area is 106 Å². The lowest BCUT2D eigenvalue weighted by Gasteiger charge is -2.09. The average Bonchev–Trinajstić information content (AvgIpc) is 2.76. The van der Waals surface area contributed by atoms with Crippen LogP contribution in [0.25, 0.3) is 0 Å². The molecule has 1 aromatic heterocycles. The van der Waals surface area contributed by atoms with Crippen molar-refractivity contribution in [3.05, 3.63) is 18.2 Å². The number of rotatable bonds is 9. The quantitative estimate of drug-likeness (QED) is 0.565. The number of unbranched alkanes of at least 4 members (excludes halogenated alkanes) is 6. The molecular weight excluding hydrogens is 208 g/mol. The average molecular weight is 236 g/mol. The molecule has 1 rings (SSSR count). The molecule has 0 atom stereocenters. The van der Waals surface area contributed by atoms with Gasteiger partial charge >= 0.3 is 0 Å². The molecule has 0 aliphatic carbocycles. The normalized spacial score (nSPS) is 11.3. The van der Waals surface area contributed by atoms with E-state index in [0.717, 1.165) is 6.54 Å². The van der Waals surface area contributed by atoms with Gasteiger partial charge in [0.1, 0.15) is 5.82 Å². The van der Waals surface area contributed by atoms with Crippen LogP contribution in [-0.2, 0) is 6.54 Å². The van der Waals surface area contributed by atoms with Crippen LogP contribution >= 0.6 is 0 Å². The SMILES string of the molecule is CCCCCCCCCn1ccnc1C(C)C. The fourth-order valence-electron chi connectivity index (χ4n) is 2.25. The fourth-order valence-corrected chi connectivity index (χ4v) is 2.25. The first-order chi connectivity index (χ1) is 8.25. The Hall–Kier alpha value is -0.790. The molecule has 1 heterocycles. The van der Waals surface area contributed by atoms with Crippen molar-refractivity contribution in [3.63, 3.8) is 0 Å². The molecule has 17 heavy (non-hydrogen) atoms. The molecule has 98 valence electrons. The van der Waals surface area contributed by atoms with Crippen molar-refractivity contribution in [1.29, 1.82) is 0 Å². The zero-order chi connectivity index (χ0) is 12.5. The van der Waals surface area contributed by atoms with E-state index >= 15 is 0 Å². The summed E-state index contributed by atoms with van der Waals surface area (Å²) in [6, 6.07) is 0. The molecule has 0 saturated carbocycles. The molecule has 2 nitrogen and oxygen atoms in total. The van der Waals surface area contributed by atoms with Gasteiger partial charge in [-0.3, -0.25) is 0 Å². The predicted octanol–water partition coefficient (Wildman–Crippen LogP) is 4.76. The van der Waals surface area contributed by atoms with Crippen LogP contribution < -0.4 is 0 Å². The summed E-state index contributed by atoms with van der Waals surface area (Å²) in [6.45, 7) is 7.83. The van der Waals surface area contributed by atoms with Crippen LogP contribution in [0.1, 0.15) is 77.5 Å². The molecule has 0 unspecified atom stereocenters. The minimum atomic E-state index is 0.537. The zero-order valence-electron chi connectivity index (χ0n) is 11.8. The minimum Gasteiger partial charge on any atom is -0.335 e.